The van der Waals surface area contributed by atoms with Gasteiger partial charge in [0.2, 0.25) is 5.91 Å². The van der Waals surface area contributed by atoms with Crippen molar-refractivity contribution in [2.24, 2.45) is 23.7 Å². The van der Waals surface area contributed by atoms with Crippen LogP contribution in [0.1, 0.15) is 33.1 Å². The molecule has 4 atom stereocenters. The third kappa shape index (κ3) is 2.45. The van der Waals surface area contributed by atoms with Crippen molar-refractivity contribution in [3.8, 4) is 0 Å². The quantitative estimate of drug-likeness (QED) is 0.796. The van der Waals surface area contributed by atoms with Gasteiger partial charge in [0.05, 0.1) is 11.8 Å². The number of likely N-dealkylation sites (tertiary alicyclic amines) is 1. The fraction of sp³-hybridized carbons (Fsp3) is 0.846. The van der Waals surface area contributed by atoms with Crippen molar-refractivity contribution < 1.29 is 14.7 Å². The number of piperidine rings is 1. The van der Waals surface area contributed by atoms with Crippen molar-refractivity contribution in [1.82, 2.24) is 4.90 Å². The molecule has 17 heavy (non-hydrogen) atoms. The topological polar surface area (TPSA) is 57.6 Å². The third-order valence-corrected chi connectivity index (χ3v) is 4.09. The van der Waals surface area contributed by atoms with Crippen LogP contribution in [0.15, 0.2) is 0 Å². The maximum atomic E-state index is 12.2. The van der Waals surface area contributed by atoms with E-state index in [1.54, 1.807) is 0 Å². The van der Waals surface area contributed by atoms with Crippen LogP contribution in [0.2, 0.25) is 0 Å². The van der Waals surface area contributed by atoms with Crippen molar-refractivity contribution in [3.05, 3.63) is 0 Å². The first-order valence-corrected chi connectivity index (χ1v) is 6.50. The minimum atomic E-state index is -0.812. The Balaban J connectivity index is 1.98. The van der Waals surface area contributed by atoms with Gasteiger partial charge < -0.3 is 10.0 Å². The van der Waals surface area contributed by atoms with Gasteiger partial charge in [-0.3, -0.25) is 9.59 Å². The van der Waals surface area contributed by atoms with Gasteiger partial charge in [0.1, 0.15) is 0 Å². The van der Waals surface area contributed by atoms with Gasteiger partial charge in [-0.2, -0.15) is 0 Å². The highest BCUT2D eigenvalue weighted by atomic mass is 16.4. The molecule has 0 bridgehead atoms. The van der Waals surface area contributed by atoms with Gasteiger partial charge in [-0.1, -0.05) is 13.8 Å². The zero-order valence-corrected chi connectivity index (χ0v) is 10.6. The highest BCUT2D eigenvalue weighted by molar-refractivity contribution is 5.86. The molecule has 0 spiro atoms. The number of carbonyl (C=O) groups excluding carboxylic acids is 1. The van der Waals surface area contributed by atoms with E-state index >= 15 is 0 Å². The normalized spacial score (nSPS) is 37.4. The summed E-state index contributed by atoms with van der Waals surface area (Å²) in [6.45, 7) is 5.91. The van der Waals surface area contributed by atoms with Crippen LogP contribution < -0.4 is 0 Å². The van der Waals surface area contributed by atoms with Crippen LogP contribution in [0, 0.1) is 23.7 Å². The molecule has 1 saturated carbocycles. The second-order valence-electron chi connectivity index (χ2n) is 5.82. The summed E-state index contributed by atoms with van der Waals surface area (Å²) >= 11 is 0. The molecule has 0 aromatic carbocycles. The summed E-state index contributed by atoms with van der Waals surface area (Å²) in [5, 5.41) is 8.98. The van der Waals surface area contributed by atoms with Gasteiger partial charge in [-0.25, -0.2) is 0 Å². The summed E-state index contributed by atoms with van der Waals surface area (Å²) < 4.78 is 0. The number of carboxylic acids is 1. The van der Waals surface area contributed by atoms with E-state index in [9.17, 15) is 9.59 Å². The lowest BCUT2D eigenvalue weighted by Crippen LogP contribution is -2.50. The van der Waals surface area contributed by atoms with Crippen LogP contribution in [-0.4, -0.2) is 35.0 Å². The smallest absolute Gasteiger partial charge is 0.307 e. The van der Waals surface area contributed by atoms with Crippen LogP contribution in [0.4, 0.5) is 0 Å². The molecule has 1 heterocycles. The Bertz CT molecular complexity index is 319. The zero-order valence-electron chi connectivity index (χ0n) is 10.6. The average Bonchev–Trinajstić information content (AvgIpc) is 2.12. The summed E-state index contributed by atoms with van der Waals surface area (Å²) in [5.74, 6) is -0.369. The molecule has 2 rings (SSSR count). The maximum Gasteiger partial charge on any atom is 0.307 e. The third-order valence-electron chi connectivity index (χ3n) is 4.09. The highest BCUT2D eigenvalue weighted by Gasteiger charge is 2.43. The molecule has 0 aromatic rings. The van der Waals surface area contributed by atoms with Gasteiger partial charge in [-0.15, -0.1) is 0 Å². The Labute approximate surface area is 102 Å². The minimum absolute atomic E-state index is 0.0713. The van der Waals surface area contributed by atoms with Crippen molar-refractivity contribution in [3.63, 3.8) is 0 Å². The Morgan fingerprint density at radius 1 is 1.06 bits per heavy atom. The largest absolute Gasteiger partial charge is 0.481 e. The first kappa shape index (κ1) is 12.4. The van der Waals surface area contributed by atoms with Crippen molar-refractivity contribution in [2.75, 3.05) is 13.1 Å². The van der Waals surface area contributed by atoms with Gasteiger partial charge in [0.25, 0.3) is 0 Å². The molecule has 4 nitrogen and oxygen atoms in total. The van der Waals surface area contributed by atoms with E-state index in [1.165, 1.54) is 0 Å². The molecule has 4 unspecified atom stereocenters. The first-order chi connectivity index (χ1) is 7.99. The number of hydrogen-bond acceptors (Lipinski definition) is 2. The lowest BCUT2D eigenvalue weighted by atomic mass is 9.72. The number of nitrogens with zero attached hydrogens (tertiary/aromatic N) is 1. The van der Waals surface area contributed by atoms with Gasteiger partial charge in [-0.05, 0) is 31.1 Å². The Kier molecular flexibility index (Phi) is 3.40. The van der Waals surface area contributed by atoms with Gasteiger partial charge in [0.15, 0.2) is 0 Å². The number of rotatable bonds is 2. The van der Waals surface area contributed by atoms with E-state index in [1.807, 2.05) is 4.90 Å². The summed E-state index contributed by atoms with van der Waals surface area (Å²) in [6, 6.07) is 0. The predicted octanol–water partition coefficient (Wildman–Crippen LogP) is 1.60. The summed E-state index contributed by atoms with van der Waals surface area (Å²) in [5.41, 5.74) is 0. The summed E-state index contributed by atoms with van der Waals surface area (Å²) in [7, 11) is 0. The second kappa shape index (κ2) is 4.67. The molecule has 96 valence electrons. The number of amides is 1. The molecule has 0 aromatic heterocycles. The number of carbonyl (C=O) groups is 2. The molecular weight excluding hydrogens is 218 g/mol. The molecular formula is C13H21NO3. The molecule has 1 saturated heterocycles. The predicted molar refractivity (Wildman–Crippen MR) is 63.4 cm³/mol. The Hall–Kier alpha value is -1.06. The average molecular weight is 239 g/mol. The second-order valence-corrected chi connectivity index (χ2v) is 5.82. The molecule has 1 amide bonds. The van der Waals surface area contributed by atoms with Gasteiger partial charge >= 0.3 is 5.97 Å². The number of aliphatic carboxylic acids is 1. The van der Waals surface area contributed by atoms with E-state index in [0.29, 0.717) is 18.3 Å². The summed E-state index contributed by atoms with van der Waals surface area (Å²) in [4.78, 5) is 25.1. The molecule has 1 N–H and O–H groups in total. The SMILES string of the molecule is CC1CC(C)CN(C(=O)C2CCC2C(=O)O)C1. The van der Waals surface area contributed by atoms with Crippen molar-refractivity contribution >= 4 is 11.9 Å². The monoisotopic (exact) mass is 239 g/mol. The maximum absolute atomic E-state index is 12.2. The van der Waals surface area contributed by atoms with Crippen LogP contribution in [0.5, 0.6) is 0 Å². The lowest BCUT2D eigenvalue weighted by Gasteiger charge is -2.41. The molecule has 1 aliphatic heterocycles. The summed E-state index contributed by atoms with van der Waals surface area (Å²) in [6.07, 6.45) is 2.57. The Morgan fingerprint density at radius 2 is 1.59 bits per heavy atom. The van der Waals surface area contributed by atoms with E-state index in [-0.39, 0.29) is 11.8 Å². The van der Waals surface area contributed by atoms with Crippen LogP contribution in [-0.2, 0) is 9.59 Å². The van der Waals surface area contributed by atoms with E-state index < -0.39 is 11.9 Å². The van der Waals surface area contributed by atoms with Crippen LogP contribution in [0.25, 0.3) is 0 Å². The van der Waals surface area contributed by atoms with Crippen LogP contribution in [0.3, 0.4) is 0 Å². The first-order valence-electron chi connectivity index (χ1n) is 6.50. The highest BCUT2D eigenvalue weighted by Crippen LogP contribution is 2.37. The molecule has 2 aliphatic rings. The fourth-order valence-corrected chi connectivity index (χ4v) is 3.17. The van der Waals surface area contributed by atoms with Crippen LogP contribution >= 0.6 is 0 Å². The standard InChI is InChI=1S/C13H21NO3/c1-8-5-9(2)7-14(6-8)12(15)10-3-4-11(10)13(16)17/h8-11H,3-7H2,1-2H3,(H,16,17). The van der Waals surface area contributed by atoms with Crippen molar-refractivity contribution in [1.29, 1.82) is 0 Å². The molecule has 0 radical (unpaired) electrons. The van der Waals surface area contributed by atoms with E-state index in [2.05, 4.69) is 13.8 Å². The van der Waals surface area contributed by atoms with Gasteiger partial charge in [0, 0.05) is 13.1 Å². The lowest BCUT2D eigenvalue weighted by molar-refractivity contribution is -0.157. The molecule has 1 aliphatic carbocycles. The molecule has 4 heteroatoms. The van der Waals surface area contributed by atoms with E-state index in [4.69, 9.17) is 5.11 Å². The Morgan fingerprint density at radius 3 is 2.00 bits per heavy atom. The fourth-order valence-electron chi connectivity index (χ4n) is 3.17. The zero-order chi connectivity index (χ0) is 12.6. The number of carboxylic acid groups (broad SMARTS) is 1. The van der Waals surface area contributed by atoms with Crippen molar-refractivity contribution in [2.45, 2.75) is 33.1 Å². The minimum Gasteiger partial charge on any atom is -0.481 e. The van der Waals surface area contributed by atoms with E-state index in [0.717, 1.165) is 25.9 Å². The number of hydrogen-bond donors (Lipinski definition) is 1. The molecule has 2 fully saturated rings.